The maximum atomic E-state index is 11.7. The van der Waals surface area contributed by atoms with Gasteiger partial charge < -0.3 is 9.64 Å². The number of carbonyl (C=O) groups excluding carboxylic acids is 1. The minimum Gasteiger partial charge on any atom is -0.494 e. The van der Waals surface area contributed by atoms with Gasteiger partial charge in [0.1, 0.15) is 5.75 Å². The van der Waals surface area contributed by atoms with Gasteiger partial charge in [0.15, 0.2) is 0 Å². The molecule has 0 aromatic heterocycles. The molecule has 1 amide bonds. The lowest BCUT2D eigenvalue weighted by Crippen LogP contribution is -2.30. The van der Waals surface area contributed by atoms with Gasteiger partial charge in [-0.1, -0.05) is 0 Å². The summed E-state index contributed by atoms with van der Waals surface area (Å²) in [5.74, 6) is 1.08. The molecular weight excluding hydrogens is 341 g/mol. The summed E-state index contributed by atoms with van der Waals surface area (Å²) in [5, 5.41) is 0. The average molecular weight is 361 g/mol. The van der Waals surface area contributed by atoms with Crippen LogP contribution in [0.2, 0.25) is 0 Å². The van der Waals surface area contributed by atoms with E-state index in [1.165, 1.54) is 3.57 Å². The third kappa shape index (κ3) is 5.25. The number of ether oxygens (including phenoxy) is 1. The van der Waals surface area contributed by atoms with Crippen molar-refractivity contribution < 1.29 is 9.53 Å². The Hall–Kier alpha value is -0.780. The molecule has 18 heavy (non-hydrogen) atoms. The zero-order valence-corrected chi connectivity index (χ0v) is 13.1. The molecule has 0 saturated carbocycles. The average Bonchev–Trinajstić information content (AvgIpc) is 2.38. The van der Waals surface area contributed by atoms with Crippen molar-refractivity contribution in [2.45, 2.75) is 26.7 Å². The van der Waals surface area contributed by atoms with Crippen molar-refractivity contribution in [1.82, 2.24) is 4.90 Å². The van der Waals surface area contributed by atoms with E-state index in [-0.39, 0.29) is 5.91 Å². The van der Waals surface area contributed by atoms with E-state index in [9.17, 15) is 4.79 Å². The number of nitrogens with zero attached hydrogens (tertiary/aromatic N) is 1. The first-order valence-corrected chi connectivity index (χ1v) is 7.41. The van der Waals surface area contributed by atoms with Crippen molar-refractivity contribution in [2.75, 3.05) is 19.7 Å². The SMILES string of the molecule is CCN(CC)C(=O)CCCOc1ccc(I)cc1. The fourth-order valence-corrected chi connectivity index (χ4v) is 2.04. The fourth-order valence-electron chi connectivity index (χ4n) is 1.68. The second-order valence-electron chi connectivity index (χ2n) is 3.97. The zero-order chi connectivity index (χ0) is 13.4. The maximum absolute atomic E-state index is 11.7. The molecule has 1 aromatic carbocycles. The highest BCUT2D eigenvalue weighted by Crippen LogP contribution is 2.13. The van der Waals surface area contributed by atoms with Crippen LogP contribution in [-0.4, -0.2) is 30.5 Å². The Labute approximate surface area is 123 Å². The maximum Gasteiger partial charge on any atom is 0.222 e. The van der Waals surface area contributed by atoms with Crippen LogP contribution in [0.5, 0.6) is 5.75 Å². The van der Waals surface area contributed by atoms with Crippen LogP contribution >= 0.6 is 22.6 Å². The Balaban J connectivity index is 2.22. The number of hydrogen-bond acceptors (Lipinski definition) is 2. The van der Waals surface area contributed by atoms with E-state index >= 15 is 0 Å². The third-order valence-electron chi connectivity index (χ3n) is 2.73. The first-order chi connectivity index (χ1) is 8.67. The first-order valence-electron chi connectivity index (χ1n) is 6.33. The highest BCUT2D eigenvalue weighted by molar-refractivity contribution is 14.1. The van der Waals surface area contributed by atoms with Gasteiger partial charge >= 0.3 is 0 Å². The lowest BCUT2D eigenvalue weighted by molar-refractivity contribution is -0.131. The molecule has 3 nitrogen and oxygen atoms in total. The van der Waals surface area contributed by atoms with E-state index < -0.39 is 0 Å². The fraction of sp³-hybridized carbons (Fsp3) is 0.500. The molecule has 0 unspecified atom stereocenters. The van der Waals surface area contributed by atoms with Crippen LogP contribution in [0.15, 0.2) is 24.3 Å². The molecule has 0 saturated heterocycles. The van der Waals surface area contributed by atoms with Crippen LogP contribution in [0.1, 0.15) is 26.7 Å². The number of benzene rings is 1. The molecule has 0 atom stereocenters. The van der Waals surface area contributed by atoms with Crippen LogP contribution < -0.4 is 4.74 Å². The number of amides is 1. The molecule has 1 aromatic rings. The van der Waals surface area contributed by atoms with Crippen molar-refractivity contribution in [3.05, 3.63) is 27.8 Å². The van der Waals surface area contributed by atoms with Crippen LogP contribution in [0, 0.1) is 3.57 Å². The number of rotatable bonds is 7. The summed E-state index contributed by atoms with van der Waals surface area (Å²) in [5.41, 5.74) is 0. The van der Waals surface area contributed by atoms with Crippen LogP contribution in [0.25, 0.3) is 0 Å². The molecule has 0 aliphatic carbocycles. The van der Waals surface area contributed by atoms with Crippen LogP contribution in [0.4, 0.5) is 0 Å². The topological polar surface area (TPSA) is 29.5 Å². The number of carbonyl (C=O) groups is 1. The van der Waals surface area contributed by atoms with Crippen molar-refractivity contribution in [2.24, 2.45) is 0 Å². The Morgan fingerprint density at radius 1 is 1.22 bits per heavy atom. The quantitative estimate of drug-likeness (QED) is 0.551. The molecule has 0 aliphatic rings. The summed E-state index contributed by atoms with van der Waals surface area (Å²) < 4.78 is 6.78. The molecule has 0 N–H and O–H groups in total. The predicted octanol–water partition coefficient (Wildman–Crippen LogP) is 3.32. The molecule has 0 heterocycles. The van der Waals surface area contributed by atoms with Crippen molar-refractivity contribution in [1.29, 1.82) is 0 Å². The van der Waals surface area contributed by atoms with E-state index in [4.69, 9.17) is 4.74 Å². The van der Waals surface area contributed by atoms with Gasteiger partial charge in [-0.2, -0.15) is 0 Å². The van der Waals surface area contributed by atoms with Gasteiger partial charge in [0, 0.05) is 23.1 Å². The Morgan fingerprint density at radius 2 is 1.83 bits per heavy atom. The van der Waals surface area contributed by atoms with E-state index in [2.05, 4.69) is 22.6 Å². The summed E-state index contributed by atoms with van der Waals surface area (Å²) in [6.45, 7) is 6.17. The largest absolute Gasteiger partial charge is 0.494 e. The molecule has 0 radical (unpaired) electrons. The molecule has 100 valence electrons. The molecule has 0 aliphatic heterocycles. The Morgan fingerprint density at radius 3 is 2.39 bits per heavy atom. The second-order valence-corrected chi connectivity index (χ2v) is 5.22. The van der Waals surface area contributed by atoms with Gasteiger partial charge in [0.2, 0.25) is 5.91 Å². The molecule has 0 fully saturated rings. The summed E-state index contributed by atoms with van der Waals surface area (Å²) in [7, 11) is 0. The molecule has 0 bridgehead atoms. The highest BCUT2D eigenvalue weighted by Gasteiger charge is 2.08. The normalized spacial score (nSPS) is 10.2. The standard InChI is InChI=1S/C14H20INO2/c1-3-16(4-2)14(17)6-5-11-18-13-9-7-12(15)8-10-13/h7-10H,3-6,11H2,1-2H3. The van der Waals surface area contributed by atoms with Gasteiger partial charge in [-0.15, -0.1) is 0 Å². The lowest BCUT2D eigenvalue weighted by atomic mass is 10.3. The van der Waals surface area contributed by atoms with Crippen LogP contribution in [0.3, 0.4) is 0 Å². The van der Waals surface area contributed by atoms with Crippen molar-refractivity contribution in [3.63, 3.8) is 0 Å². The summed E-state index contributed by atoms with van der Waals surface area (Å²) in [6, 6.07) is 7.93. The van der Waals surface area contributed by atoms with Gasteiger partial charge in [-0.3, -0.25) is 4.79 Å². The minimum absolute atomic E-state index is 0.214. The van der Waals surface area contributed by atoms with Crippen molar-refractivity contribution in [3.8, 4) is 5.75 Å². The Bertz CT molecular complexity index is 361. The summed E-state index contributed by atoms with van der Waals surface area (Å²) in [6.07, 6.45) is 1.33. The second kappa shape index (κ2) is 8.34. The summed E-state index contributed by atoms with van der Waals surface area (Å²) in [4.78, 5) is 13.6. The van der Waals surface area contributed by atoms with E-state index in [0.717, 1.165) is 25.3 Å². The lowest BCUT2D eigenvalue weighted by Gasteiger charge is -2.18. The molecule has 4 heteroatoms. The van der Waals surface area contributed by atoms with Gasteiger partial charge in [-0.25, -0.2) is 0 Å². The Kier molecular flexibility index (Phi) is 7.08. The van der Waals surface area contributed by atoms with E-state index in [1.807, 2.05) is 43.0 Å². The van der Waals surface area contributed by atoms with Gasteiger partial charge in [0.05, 0.1) is 6.61 Å². The minimum atomic E-state index is 0.214. The number of halogens is 1. The molecule has 1 rings (SSSR count). The van der Waals surface area contributed by atoms with Crippen molar-refractivity contribution >= 4 is 28.5 Å². The van der Waals surface area contributed by atoms with Gasteiger partial charge in [-0.05, 0) is 67.1 Å². The highest BCUT2D eigenvalue weighted by atomic mass is 127. The molecule has 0 spiro atoms. The first kappa shape index (κ1) is 15.3. The zero-order valence-electron chi connectivity index (χ0n) is 11.0. The summed E-state index contributed by atoms with van der Waals surface area (Å²) >= 11 is 2.26. The van der Waals surface area contributed by atoms with E-state index in [0.29, 0.717) is 13.0 Å². The third-order valence-corrected chi connectivity index (χ3v) is 3.45. The van der Waals surface area contributed by atoms with E-state index in [1.54, 1.807) is 0 Å². The predicted molar refractivity (Wildman–Crippen MR) is 81.8 cm³/mol. The number of hydrogen-bond donors (Lipinski definition) is 0. The smallest absolute Gasteiger partial charge is 0.222 e. The monoisotopic (exact) mass is 361 g/mol. The van der Waals surface area contributed by atoms with Crippen LogP contribution in [-0.2, 0) is 4.79 Å². The van der Waals surface area contributed by atoms with Gasteiger partial charge in [0.25, 0.3) is 0 Å². The molecular formula is C14H20INO2.